The summed E-state index contributed by atoms with van der Waals surface area (Å²) < 4.78 is 5.92. The summed E-state index contributed by atoms with van der Waals surface area (Å²) in [5, 5.41) is 3.39. The second-order valence-electron chi connectivity index (χ2n) is 7.62. The third-order valence-corrected chi connectivity index (χ3v) is 6.41. The van der Waals surface area contributed by atoms with Crippen molar-refractivity contribution in [1.29, 1.82) is 0 Å². The number of thiazole rings is 1. The van der Waals surface area contributed by atoms with Gasteiger partial charge < -0.3 is 9.64 Å². The van der Waals surface area contributed by atoms with Crippen molar-refractivity contribution in [2.75, 3.05) is 16.8 Å². The fraction of sp³-hybridized carbons (Fsp3) is 0.115. The Morgan fingerprint density at radius 2 is 1.58 bits per heavy atom. The van der Waals surface area contributed by atoms with E-state index in [0.717, 1.165) is 21.7 Å². The van der Waals surface area contributed by atoms with Crippen molar-refractivity contribution < 1.29 is 14.3 Å². The number of benzene rings is 3. The number of rotatable bonds is 4. The number of ether oxygens (including phenoxy) is 1. The number of carbonyl (C=O) groups is 2. The fourth-order valence-corrected chi connectivity index (χ4v) is 4.80. The smallest absolute Gasteiger partial charge is 0.269 e. The average molecular weight is 456 g/mol. The van der Waals surface area contributed by atoms with Gasteiger partial charge in [0.2, 0.25) is 5.91 Å². The molecular weight excluding hydrogens is 434 g/mol. The number of nitrogens with one attached hydrogen (secondary N) is 1. The van der Waals surface area contributed by atoms with Crippen LogP contribution in [0.15, 0.2) is 84.9 Å². The lowest BCUT2D eigenvalue weighted by Crippen LogP contribution is -2.48. The molecule has 1 aliphatic rings. The molecule has 0 radical (unpaired) electrons. The quantitative estimate of drug-likeness (QED) is 0.457. The number of hydrogen-bond donors (Lipinski definition) is 1. The monoisotopic (exact) mass is 455 g/mol. The molecule has 3 aromatic carbocycles. The van der Waals surface area contributed by atoms with Crippen LogP contribution in [0.3, 0.4) is 0 Å². The van der Waals surface area contributed by atoms with Crippen LogP contribution in [0, 0.1) is 0 Å². The van der Waals surface area contributed by atoms with Gasteiger partial charge in [0.05, 0.1) is 22.8 Å². The Labute approximate surface area is 195 Å². The zero-order valence-corrected chi connectivity index (χ0v) is 18.7. The lowest BCUT2D eigenvalue weighted by atomic mass is 10.1. The van der Waals surface area contributed by atoms with Gasteiger partial charge >= 0.3 is 0 Å². The van der Waals surface area contributed by atoms with Crippen LogP contribution in [0.5, 0.6) is 5.75 Å². The van der Waals surface area contributed by atoms with Gasteiger partial charge in [0.15, 0.2) is 11.2 Å². The van der Waals surface area contributed by atoms with Gasteiger partial charge in [-0.15, -0.1) is 0 Å². The third kappa shape index (κ3) is 4.23. The van der Waals surface area contributed by atoms with Crippen LogP contribution >= 0.6 is 11.3 Å². The Kier molecular flexibility index (Phi) is 5.62. The van der Waals surface area contributed by atoms with E-state index in [4.69, 9.17) is 9.72 Å². The number of aromatic nitrogens is 1. The predicted molar refractivity (Wildman–Crippen MR) is 131 cm³/mol. The van der Waals surface area contributed by atoms with Crippen LogP contribution < -0.4 is 15.0 Å². The maximum absolute atomic E-state index is 13.1. The van der Waals surface area contributed by atoms with Crippen molar-refractivity contribution in [2.24, 2.45) is 0 Å². The Balaban J connectivity index is 1.44. The van der Waals surface area contributed by atoms with Gasteiger partial charge in [0.1, 0.15) is 5.75 Å². The lowest BCUT2D eigenvalue weighted by Gasteiger charge is -2.33. The number of hydrogen-bond acceptors (Lipinski definition) is 5. The van der Waals surface area contributed by atoms with E-state index in [-0.39, 0.29) is 18.4 Å². The second-order valence-corrected chi connectivity index (χ2v) is 8.62. The van der Waals surface area contributed by atoms with E-state index in [1.807, 2.05) is 78.9 Å². The molecule has 0 spiro atoms. The van der Waals surface area contributed by atoms with E-state index in [2.05, 4.69) is 5.32 Å². The van der Waals surface area contributed by atoms with Crippen molar-refractivity contribution >= 4 is 34.0 Å². The summed E-state index contributed by atoms with van der Waals surface area (Å²) >= 11 is 1.41. The molecule has 1 N–H and O–H groups in total. The van der Waals surface area contributed by atoms with Gasteiger partial charge in [-0.05, 0) is 17.7 Å². The summed E-state index contributed by atoms with van der Waals surface area (Å²) in [7, 11) is 0. The molecule has 1 atom stereocenters. The molecule has 1 aliphatic heterocycles. The summed E-state index contributed by atoms with van der Waals surface area (Å²) in [4.78, 5) is 32.6. The van der Waals surface area contributed by atoms with E-state index >= 15 is 0 Å². The van der Waals surface area contributed by atoms with E-state index in [9.17, 15) is 9.59 Å². The Hall–Kier alpha value is -3.97. The highest BCUT2D eigenvalue weighted by Crippen LogP contribution is 2.39. The zero-order valence-electron chi connectivity index (χ0n) is 17.9. The molecule has 0 aliphatic carbocycles. The molecule has 7 heteroatoms. The first kappa shape index (κ1) is 20.9. The maximum Gasteiger partial charge on any atom is 0.269 e. The molecule has 0 saturated carbocycles. The molecule has 4 aromatic rings. The van der Waals surface area contributed by atoms with Gasteiger partial charge in [-0.25, -0.2) is 4.98 Å². The van der Waals surface area contributed by atoms with Gasteiger partial charge in [0, 0.05) is 12.5 Å². The van der Waals surface area contributed by atoms with Crippen molar-refractivity contribution in [3.63, 3.8) is 0 Å². The van der Waals surface area contributed by atoms with Gasteiger partial charge in [0.25, 0.3) is 5.91 Å². The molecule has 1 unspecified atom stereocenters. The minimum Gasteiger partial charge on any atom is -0.476 e. The molecule has 1 aromatic heterocycles. The SMILES string of the molecule is CC(=O)N1CC(C(=O)Nc2nc(-c3ccccc3)c(-c3ccccc3)s2)Oc2ccccc21. The van der Waals surface area contributed by atoms with Gasteiger partial charge in [-0.2, -0.15) is 0 Å². The van der Waals surface area contributed by atoms with Crippen molar-refractivity contribution in [3.05, 3.63) is 84.9 Å². The molecule has 6 nitrogen and oxygen atoms in total. The molecule has 5 rings (SSSR count). The molecule has 164 valence electrons. The minimum absolute atomic E-state index is 0.140. The number of fused-ring (bicyclic) bond motifs is 1. The summed E-state index contributed by atoms with van der Waals surface area (Å²) in [6.45, 7) is 1.62. The molecular formula is C26H21N3O3S. The normalized spacial score (nSPS) is 14.8. The van der Waals surface area contributed by atoms with E-state index in [1.54, 1.807) is 11.0 Å². The van der Waals surface area contributed by atoms with E-state index in [1.165, 1.54) is 18.3 Å². The van der Waals surface area contributed by atoms with Crippen LogP contribution in [-0.2, 0) is 9.59 Å². The molecule has 0 bridgehead atoms. The molecule has 2 amide bonds. The van der Waals surface area contributed by atoms with Gasteiger partial charge in [-0.1, -0.05) is 84.1 Å². The number of anilines is 2. The Morgan fingerprint density at radius 1 is 0.939 bits per heavy atom. The predicted octanol–water partition coefficient (Wildman–Crippen LogP) is 5.23. The van der Waals surface area contributed by atoms with E-state index < -0.39 is 6.10 Å². The topological polar surface area (TPSA) is 71.5 Å². The van der Waals surface area contributed by atoms with Gasteiger partial charge in [-0.3, -0.25) is 14.9 Å². The van der Waals surface area contributed by atoms with Crippen LogP contribution in [0.2, 0.25) is 0 Å². The number of amides is 2. The maximum atomic E-state index is 13.1. The molecule has 2 heterocycles. The molecule has 33 heavy (non-hydrogen) atoms. The first-order valence-electron chi connectivity index (χ1n) is 10.6. The average Bonchev–Trinajstić information content (AvgIpc) is 3.28. The minimum atomic E-state index is -0.840. The number of nitrogens with zero attached hydrogens (tertiary/aromatic N) is 2. The third-order valence-electron chi connectivity index (χ3n) is 5.39. The first-order chi connectivity index (χ1) is 16.1. The second kappa shape index (κ2) is 8.88. The lowest BCUT2D eigenvalue weighted by molar-refractivity contribution is -0.123. The largest absolute Gasteiger partial charge is 0.476 e. The first-order valence-corrected chi connectivity index (χ1v) is 11.4. The highest BCUT2D eigenvalue weighted by molar-refractivity contribution is 7.19. The molecule has 0 saturated heterocycles. The summed E-state index contributed by atoms with van der Waals surface area (Å²) in [6.07, 6.45) is -0.840. The molecule has 0 fully saturated rings. The number of carbonyl (C=O) groups excluding carboxylic acids is 2. The number of para-hydroxylation sites is 2. The zero-order chi connectivity index (χ0) is 22.8. The summed E-state index contributed by atoms with van der Waals surface area (Å²) in [6, 6.07) is 27.1. The fourth-order valence-electron chi connectivity index (χ4n) is 3.81. The Bertz CT molecular complexity index is 1250. The van der Waals surface area contributed by atoms with Crippen LogP contribution in [0.4, 0.5) is 10.8 Å². The van der Waals surface area contributed by atoms with E-state index in [0.29, 0.717) is 16.6 Å². The Morgan fingerprint density at radius 3 is 2.27 bits per heavy atom. The summed E-state index contributed by atoms with van der Waals surface area (Å²) in [5.41, 5.74) is 3.47. The van der Waals surface area contributed by atoms with Crippen molar-refractivity contribution in [3.8, 4) is 27.4 Å². The van der Waals surface area contributed by atoms with Crippen LogP contribution in [0.25, 0.3) is 21.7 Å². The standard InChI is InChI=1S/C26H21N3O3S/c1-17(30)29-16-22(32-21-15-9-8-14-20(21)29)25(31)28-26-27-23(18-10-4-2-5-11-18)24(33-26)19-12-6-3-7-13-19/h2-15,22H,16H2,1H3,(H,27,28,31). The highest BCUT2D eigenvalue weighted by Gasteiger charge is 2.33. The highest BCUT2D eigenvalue weighted by atomic mass is 32.1. The summed E-state index contributed by atoms with van der Waals surface area (Å²) in [5.74, 6) is 0.0208. The van der Waals surface area contributed by atoms with Crippen LogP contribution in [-0.4, -0.2) is 29.4 Å². The van der Waals surface area contributed by atoms with Crippen LogP contribution in [0.1, 0.15) is 6.92 Å². The van der Waals surface area contributed by atoms with Crippen molar-refractivity contribution in [1.82, 2.24) is 4.98 Å². The van der Waals surface area contributed by atoms with Crippen molar-refractivity contribution in [2.45, 2.75) is 13.0 Å².